The quantitative estimate of drug-likeness (QED) is 0.232. The molecule has 1 heterocycles. The van der Waals surface area contributed by atoms with Crippen molar-refractivity contribution < 1.29 is 4.79 Å². The van der Waals surface area contributed by atoms with Gasteiger partial charge >= 0.3 is 0 Å². The van der Waals surface area contributed by atoms with Crippen molar-refractivity contribution in [2.75, 3.05) is 5.01 Å². The van der Waals surface area contributed by atoms with Crippen LogP contribution in [0.2, 0.25) is 0 Å². The molecule has 5 aromatic rings. The molecule has 0 radical (unpaired) electrons. The molecule has 5 rings (SSSR count). The third-order valence-electron chi connectivity index (χ3n) is 5.30. The molecule has 5 heteroatoms. The number of thiazole rings is 1. The van der Waals surface area contributed by atoms with Crippen molar-refractivity contribution >= 4 is 49.6 Å². The Kier molecular flexibility index (Phi) is 5.25. The van der Waals surface area contributed by atoms with Crippen LogP contribution in [0, 0.1) is 13.8 Å². The molecule has 4 aromatic carbocycles. The number of aryl methyl sites for hydroxylation is 2. The first kappa shape index (κ1) is 20.1. The fourth-order valence-corrected chi connectivity index (χ4v) is 4.54. The molecule has 0 bridgehead atoms. The van der Waals surface area contributed by atoms with Gasteiger partial charge in [0.1, 0.15) is 0 Å². The lowest BCUT2D eigenvalue weighted by Crippen LogP contribution is -2.25. The lowest BCUT2D eigenvalue weighted by molar-refractivity contribution is 0.0988. The van der Waals surface area contributed by atoms with E-state index in [1.165, 1.54) is 21.9 Å². The molecule has 0 aliphatic rings. The number of carbonyl (C=O) groups excluding carboxylic acids is 1. The molecule has 0 N–H and O–H groups in total. The Hall–Kier alpha value is -3.83. The number of carbonyl (C=O) groups is 1. The molecule has 156 valence electrons. The molecule has 0 aliphatic heterocycles. The first-order valence-electron chi connectivity index (χ1n) is 10.4. The minimum Gasteiger partial charge on any atom is -0.267 e. The van der Waals surface area contributed by atoms with Gasteiger partial charge in [0.2, 0.25) is 5.13 Å². The summed E-state index contributed by atoms with van der Waals surface area (Å²) in [5.41, 5.74) is 4.68. The van der Waals surface area contributed by atoms with Crippen molar-refractivity contribution in [3.8, 4) is 0 Å². The maximum atomic E-state index is 13.6. The van der Waals surface area contributed by atoms with E-state index >= 15 is 0 Å². The summed E-state index contributed by atoms with van der Waals surface area (Å²) < 4.78 is 1.03. The maximum absolute atomic E-state index is 13.6. The molecule has 1 amide bonds. The number of fused-ring (bicyclic) bond motifs is 2. The van der Waals surface area contributed by atoms with Crippen molar-refractivity contribution in [1.82, 2.24) is 4.98 Å². The van der Waals surface area contributed by atoms with Crippen LogP contribution >= 0.6 is 11.3 Å². The molecule has 0 atom stereocenters. The summed E-state index contributed by atoms with van der Waals surface area (Å²) >= 11 is 1.46. The van der Waals surface area contributed by atoms with Crippen molar-refractivity contribution in [2.45, 2.75) is 13.8 Å². The number of benzene rings is 4. The highest BCUT2D eigenvalue weighted by molar-refractivity contribution is 7.22. The smallest absolute Gasteiger partial charge is 0.267 e. The van der Waals surface area contributed by atoms with Crippen molar-refractivity contribution in [3.63, 3.8) is 0 Å². The van der Waals surface area contributed by atoms with Crippen LogP contribution in [-0.2, 0) is 0 Å². The average Bonchev–Trinajstić information content (AvgIpc) is 3.22. The molecule has 0 fully saturated rings. The fraction of sp³-hybridized carbons (Fsp3) is 0.0741. The predicted molar refractivity (Wildman–Crippen MR) is 134 cm³/mol. The van der Waals surface area contributed by atoms with E-state index in [2.05, 4.69) is 11.2 Å². The number of anilines is 1. The van der Waals surface area contributed by atoms with Gasteiger partial charge in [-0.3, -0.25) is 4.79 Å². The number of hydrogen-bond donors (Lipinski definition) is 0. The monoisotopic (exact) mass is 435 g/mol. The summed E-state index contributed by atoms with van der Waals surface area (Å²) in [6, 6.07) is 27.8. The summed E-state index contributed by atoms with van der Waals surface area (Å²) in [4.78, 5) is 18.3. The summed E-state index contributed by atoms with van der Waals surface area (Å²) in [7, 11) is 0. The lowest BCUT2D eigenvalue weighted by Gasteiger charge is -2.14. The zero-order valence-corrected chi connectivity index (χ0v) is 18.6. The zero-order chi connectivity index (χ0) is 22.1. The number of nitrogens with zero attached hydrogens (tertiary/aromatic N) is 3. The molecule has 1 aromatic heterocycles. The van der Waals surface area contributed by atoms with Crippen LogP contribution in [0.5, 0.6) is 0 Å². The number of hydrazone groups is 1. The Morgan fingerprint density at radius 3 is 2.44 bits per heavy atom. The summed E-state index contributed by atoms with van der Waals surface area (Å²) in [5.74, 6) is -0.213. The van der Waals surface area contributed by atoms with Crippen LogP contribution < -0.4 is 5.01 Å². The summed E-state index contributed by atoms with van der Waals surface area (Å²) in [6.45, 7) is 4.09. The van der Waals surface area contributed by atoms with Gasteiger partial charge in [-0.1, -0.05) is 77.6 Å². The van der Waals surface area contributed by atoms with E-state index in [0.29, 0.717) is 10.7 Å². The van der Waals surface area contributed by atoms with E-state index in [1.54, 1.807) is 6.21 Å². The molecule has 0 saturated carbocycles. The first-order valence-corrected chi connectivity index (χ1v) is 11.2. The Balaban J connectivity index is 1.58. The highest BCUT2D eigenvalue weighted by Crippen LogP contribution is 2.31. The molecular formula is C27H21N3OS. The molecule has 0 unspecified atom stereocenters. The van der Waals surface area contributed by atoms with Gasteiger partial charge in [0.25, 0.3) is 5.91 Å². The Bertz CT molecular complexity index is 1470. The van der Waals surface area contributed by atoms with Gasteiger partial charge in [0, 0.05) is 5.56 Å². The fourth-order valence-electron chi connectivity index (χ4n) is 3.52. The van der Waals surface area contributed by atoms with E-state index in [0.717, 1.165) is 32.1 Å². The zero-order valence-electron chi connectivity index (χ0n) is 17.8. The highest BCUT2D eigenvalue weighted by Gasteiger charge is 2.21. The third kappa shape index (κ3) is 4.03. The van der Waals surface area contributed by atoms with Crippen molar-refractivity contribution in [3.05, 3.63) is 107 Å². The van der Waals surface area contributed by atoms with Gasteiger partial charge < -0.3 is 0 Å². The number of amides is 1. The Morgan fingerprint density at radius 2 is 1.62 bits per heavy atom. The van der Waals surface area contributed by atoms with Crippen LogP contribution in [0.25, 0.3) is 21.0 Å². The molecule has 0 aliphatic carbocycles. The Morgan fingerprint density at radius 1 is 0.875 bits per heavy atom. The topological polar surface area (TPSA) is 45.6 Å². The molecule has 0 spiro atoms. The van der Waals surface area contributed by atoms with Gasteiger partial charge in [0.05, 0.1) is 16.4 Å². The van der Waals surface area contributed by atoms with E-state index in [4.69, 9.17) is 4.98 Å². The molecule has 32 heavy (non-hydrogen) atoms. The largest absolute Gasteiger partial charge is 0.280 e. The predicted octanol–water partition coefficient (Wildman–Crippen LogP) is 6.75. The Labute approximate surface area is 190 Å². The third-order valence-corrected chi connectivity index (χ3v) is 6.30. The second-order valence-electron chi connectivity index (χ2n) is 7.80. The minimum absolute atomic E-state index is 0.213. The maximum Gasteiger partial charge on any atom is 0.280 e. The van der Waals surface area contributed by atoms with Crippen LogP contribution in [0.3, 0.4) is 0 Å². The number of hydrogen-bond acceptors (Lipinski definition) is 4. The molecule has 4 nitrogen and oxygen atoms in total. The lowest BCUT2D eigenvalue weighted by atomic mass is 10.1. The van der Waals surface area contributed by atoms with Gasteiger partial charge in [-0.2, -0.15) is 10.1 Å². The van der Waals surface area contributed by atoms with E-state index < -0.39 is 0 Å². The summed E-state index contributed by atoms with van der Waals surface area (Å²) in [6.07, 6.45) is 1.70. The van der Waals surface area contributed by atoms with Crippen LogP contribution in [0.1, 0.15) is 27.0 Å². The normalized spacial score (nSPS) is 11.4. The van der Waals surface area contributed by atoms with E-state index in [-0.39, 0.29) is 5.91 Å². The van der Waals surface area contributed by atoms with Gasteiger partial charge in [-0.25, -0.2) is 4.98 Å². The van der Waals surface area contributed by atoms with E-state index in [9.17, 15) is 4.79 Å². The standard InChI is InChI=1S/C27H21N3OS/c1-18-7-10-20(11-8-18)17-28-30(27-29-24-14-9-19(2)15-25(24)32-27)26(31)23-13-12-21-5-3-4-6-22(21)16-23/h3-17H,1-2H3/b28-17+. The molecular weight excluding hydrogens is 414 g/mol. The summed E-state index contributed by atoms with van der Waals surface area (Å²) in [5, 5.41) is 8.64. The molecule has 0 saturated heterocycles. The SMILES string of the molecule is Cc1ccc(/C=N/N(C(=O)c2ccc3ccccc3c2)c2nc3ccc(C)cc3s2)cc1. The highest BCUT2D eigenvalue weighted by atomic mass is 32.1. The first-order chi connectivity index (χ1) is 15.6. The van der Waals surface area contributed by atoms with Crippen molar-refractivity contribution in [1.29, 1.82) is 0 Å². The van der Waals surface area contributed by atoms with Crippen LogP contribution in [0.4, 0.5) is 5.13 Å². The van der Waals surface area contributed by atoms with Gasteiger partial charge in [-0.15, -0.1) is 0 Å². The van der Waals surface area contributed by atoms with Gasteiger partial charge in [-0.05, 0) is 60.0 Å². The van der Waals surface area contributed by atoms with E-state index in [1.807, 2.05) is 92.7 Å². The van der Waals surface area contributed by atoms with Crippen molar-refractivity contribution in [2.24, 2.45) is 5.10 Å². The second kappa shape index (κ2) is 8.36. The second-order valence-corrected chi connectivity index (χ2v) is 8.81. The van der Waals surface area contributed by atoms with Crippen LogP contribution in [0.15, 0.2) is 90.0 Å². The van der Waals surface area contributed by atoms with Crippen LogP contribution in [-0.4, -0.2) is 17.1 Å². The van der Waals surface area contributed by atoms with Gasteiger partial charge in [0.15, 0.2) is 0 Å². The number of aromatic nitrogens is 1. The average molecular weight is 436 g/mol. The minimum atomic E-state index is -0.213. The number of rotatable bonds is 4.